The molecule has 2 rings (SSSR count). The second kappa shape index (κ2) is 6.89. The van der Waals surface area contributed by atoms with Crippen LogP contribution in [0.3, 0.4) is 0 Å². The van der Waals surface area contributed by atoms with Gasteiger partial charge in [0.2, 0.25) is 0 Å². The molecule has 0 unspecified atom stereocenters. The first kappa shape index (κ1) is 13.5. The minimum Gasteiger partial charge on any atom is -0.335 e. The third-order valence-electron chi connectivity index (χ3n) is 2.48. The topological polar surface area (TPSA) is 55.4 Å². The molecule has 0 aromatic heterocycles. The maximum Gasteiger partial charge on any atom is 0.362 e. The molecule has 2 aromatic rings. The zero-order valence-corrected chi connectivity index (χ0v) is 10.7. The first-order chi connectivity index (χ1) is 9.75. The lowest BCUT2D eigenvalue weighted by molar-refractivity contribution is -0.124. The lowest BCUT2D eigenvalue weighted by Gasteiger charge is -2.02. The van der Waals surface area contributed by atoms with Gasteiger partial charge in [-0.05, 0) is 23.8 Å². The highest BCUT2D eigenvalue weighted by Gasteiger charge is 2.07. The second-order valence-corrected chi connectivity index (χ2v) is 3.97. The summed E-state index contributed by atoms with van der Waals surface area (Å²) in [5.41, 5.74) is 3.34. The van der Waals surface area contributed by atoms with Crippen molar-refractivity contribution in [3.05, 3.63) is 77.9 Å². The molecule has 1 N–H and O–H groups in total. The number of carbonyl (C=O) groups excluding carboxylic acids is 2. The van der Waals surface area contributed by atoms with Gasteiger partial charge < -0.3 is 4.84 Å². The zero-order valence-electron chi connectivity index (χ0n) is 10.7. The number of carbonyl (C=O) groups is 2. The van der Waals surface area contributed by atoms with E-state index < -0.39 is 11.9 Å². The monoisotopic (exact) mass is 267 g/mol. The van der Waals surface area contributed by atoms with Gasteiger partial charge in [0.25, 0.3) is 5.91 Å². The lowest BCUT2D eigenvalue weighted by atomic mass is 10.2. The Labute approximate surface area is 116 Å². The van der Waals surface area contributed by atoms with Crippen LogP contribution in [0.2, 0.25) is 0 Å². The van der Waals surface area contributed by atoms with Gasteiger partial charge in [-0.2, -0.15) is 5.48 Å². The fourth-order valence-corrected chi connectivity index (χ4v) is 1.50. The minimum absolute atomic E-state index is 0.375. The van der Waals surface area contributed by atoms with Crippen LogP contribution in [0.25, 0.3) is 6.08 Å². The summed E-state index contributed by atoms with van der Waals surface area (Å²) in [5, 5.41) is 0. The van der Waals surface area contributed by atoms with Crippen LogP contribution in [0.5, 0.6) is 0 Å². The Kier molecular flexibility index (Phi) is 4.67. The summed E-state index contributed by atoms with van der Waals surface area (Å²) in [4.78, 5) is 27.7. The van der Waals surface area contributed by atoms with Crippen molar-refractivity contribution in [2.75, 3.05) is 0 Å². The van der Waals surface area contributed by atoms with Crippen LogP contribution in [0.4, 0.5) is 0 Å². The van der Waals surface area contributed by atoms with E-state index in [0.717, 1.165) is 5.56 Å². The van der Waals surface area contributed by atoms with E-state index in [2.05, 4.69) is 10.3 Å². The average molecular weight is 267 g/mol. The third kappa shape index (κ3) is 4.10. The largest absolute Gasteiger partial charge is 0.362 e. The van der Waals surface area contributed by atoms with E-state index in [4.69, 9.17) is 0 Å². The number of hydroxylamine groups is 1. The average Bonchev–Trinajstić information content (AvgIpc) is 2.52. The van der Waals surface area contributed by atoms with Crippen molar-refractivity contribution >= 4 is 18.0 Å². The Hall–Kier alpha value is -2.88. The van der Waals surface area contributed by atoms with Gasteiger partial charge in [0.15, 0.2) is 0 Å². The van der Waals surface area contributed by atoms with Crippen molar-refractivity contribution in [2.45, 2.75) is 0 Å². The molecule has 0 heterocycles. The highest BCUT2D eigenvalue weighted by Crippen LogP contribution is 2.01. The van der Waals surface area contributed by atoms with Crippen molar-refractivity contribution in [3.8, 4) is 0 Å². The summed E-state index contributed by atoms with van der Waals surface area (Å²) in [6.07, 6.45) is 2.93. The van der Waals surface area contributed by atoms with E-state index in [1.807, 2.05) is 30.3 Å². The number of hydrogen-bond donors (Lipinski definition) is 1. The number of benzene rings is 2. The Bertz CT molecular complexity index is 606. The number of nitrogens with one attached hydrogen (secondary N) is 1. The molecule has 20 heavy (non-hydrogen) atoms. The molecular formula is C16H13NO3. The van der Waals surface area contributed by atoms with Crippen LogP contribution in [-0.2, 0) is 9.63 Å². The molecular weight excluding hydrogens is 254 g/mol. The van der Waals surface area contributed by atoms with Crippen LogP contribution in [0.1, 0.15) is 15.9 Å². The molecule has 0 atom stereocenters. The Morgan fingerprint density at radius 1 is 0.900 bits per heavy atom. The molecule has 1 amide bonds. The van der Waals surface area contributed by atoms with E-state index in [-0.39, 0.29) is 0 Å². The molecule has 0 aliphatic rings. The SMILES string of the molecule is O=C(/C=C/c1ccccc1)NOC(=O)c1ccccc1. The summed E-state index contributed by atoms with van der Waals surface area (Å²) in [7, 11) is 0. The molecule has 4 nitrogen and oxygen atoms in total. The highest BCUT2D eigenvalue weighted by molar-refractivity contribution is 5.94. The van der Waals surface area contributed by atoms with E-state index in [0.29, 0.717) is 5.56 Å². The van der Waals surface area contributed by atoms with Crippen LogP contribution in [0, 0.1) is 0 Å². The summed E-state index contributed by atoms with van der Waals surface area (Å²) in [6.45, 7) is 0. The van der Waals surface area contributed by atoms with Crippen LogP contribution in [0.15, 0.2) is 66.7 Å². The number of rotatable bonds is 3. The Morgan fingerprint density at radius 2 is 1.50 bits per heavy atom. The van der Waals surface area contributed by atoms with Gasteiger partial charge in [-0.3, -0.25) is 4.79 Å². The first-order valence-corrected chi connectivity index (χ1v) is 6.05. The van der Waals surface area contributed by atoms with Crippen molar-refractivity contribution < 1.29 is 14.4 Å². The Balaban J connectivity index is 1.84. The molecule has 0 aliphatic heterocycles. The molecule has 0 spiro atoms. The predicted octanol–water partition coefficient (Wildman–Crippen LogP) is 2.59. The van der Waals surface area contributed by atoms with Crippen LogP contribution in [-0.4, -0.2) is 11.9 Å². The van der Waals surface area contributed by atoms with Crippen LogP contribution < -0.4 is 5.48 Å². The van der Waals surface area contributed by atoms with Crippen molar-refractivity contribution in [1.82, 2.24) is 5.48 Å². The molecule has 0 aliphatic carbocycles. The fraction of sp³-hybridized carbons (Fsp3) is 0. The zero-order chi connectivity index (χ0) is 14.2. The van der Waals surface area contributed by atoms with Crippen molar-refractivity contribution in [1.29, 1.82) is 0 Å². The standard InChI is InChI=1S/C16H13NO3/c18-15(12-11-13-7-3-1-4-8-13)17-20-16(19)14-9-5-2-6-10-14/h1-12H,(H,17,18)/b12-11+. The summed E-state index contributed by atoms with van der Waals surface area (Å²) in [5.74, 6) is -1.11. The molecule has 0 bridgehead atoms. The van der Waals surface area contributed by atoms with Crippen molar-refractivity contribution in [2.24, 2.45) is 0 Å². The normalized spacial score (nSPS) is 10.2. The lowest BCUT2D eigenvalue weighted by Crippen LogP contribution is -2.25. The molecule has 100 valence electrons. The van der Waals surface area contributed by atoms with E-state index >= 15 is 0 Å². The number of amides is 1. The maximum absolute atomic E-state index is 11.6. The summed E-state index contributed by atoms with van der Waals surface area (Å²) >= 11 is 0. The summed E-state index contributed by atoms with van der Waals surface area (Å²) < 4.78 is 0. The summed E-state index contributed by atoms with van der Waals surface area (Å²) in [6, 6.07) is 17.8. The van der Waals surface area contributed by atoms with Gasteiger partial charge >= 0.3 is 5.97 Å². The third-order valence-corrected chi connectivity index (χ3v) is 2.48. The fourth-order valence-electron chi connectivity index (χ4n) is 1.50. The van der Waals surface area contributed by atoms with E-state index in [1.54, 1.807) is 36.4 Å². The van der Waals surface area contributed by atoms with Crippen LogP contribution >= 0.6 is 0 Å². The van der Waals surface area contributed by atoms with Gasteiger partial charge in [-0.1, -0.05) is 48.5 Å². The first-order valence-electron chi connectivity index (χ1n) is 6.05. The van der Waals surface area contributed by atoms with Crippen molar-refractivity contribution in [3.63, 3.8) is 0 Å². The Morgan fingerprint density at radius 3 is 2.15 bits per heavy atom. The number of hydrogen-bond acceptors (Lipinski definition) is 3. The second-order valence-electron chi connectivity index (χ2n) is 3.97. The quantitative estimate of drug-likeness (QED) is 0.687. The molecule has 0 fully saturated rings. The van der Waals surface area contributed by atoms with Gasteiger partial charge in [-0.25, -0.2) is 4.79 Å². The molecule has 0 radical (unpaired) electrons. The van der Waals surface area contributed by atoms with Gasteiger partial charge in [-0.15, -0.1) is 0 Å². The molecule has 0 saturated heterocycles. The smallest absolute Gasteiger partial charge is 0.335 e. The van der Waals surface area contributed by atoms with E-state index in [9.17, 15) is 9.59 Å². The van der Waals surface area contributed by atoms with Gasteiger partial charge in [0.05, 0.1) is 5.56 Å². The minimum atomic E-state index is -0.605. The van der Waals surface area contributed by atoms with E-state index in [1.165, 1.54) is 6.08 Å². The highest BCUT2D eigenvalue weighted by atomic mass is 16.7. The molecule has 4 heteroatoms. The maximum atomic E-state index is 11.6. The van der Waals surface area contributed by atoms with Gasteiger partial charge in [0, 0.05) is 6.08 Å². The van der Waals surface area contributed by atoms with Gasteiger partial charge in [0.1, 0.15) is 0 Å². The molecule has 2 aromatic carbocycles. The predicted molar refractivity (Wildman–Crippen MR) is 75.5 cm³/mol. The molecule has 0 saturated carbocycles.